The van der Waals surface area contributed by atoms with Crippen molar-refractivity contribution in [3.8, 4) is 0 Å². The molecule has 17 heavy (non-hydrogen) atoms. The average Bonchev–Trinajstić information content (AvgIpc) is 2.41. The first-order valence-electron chi connectivity index (χ1n) is 6.63. The molecule has 0 radical (unpaired) electrons. The summed E-state index contributed by atoms with van der Waals surface area (Å²) in [5.74, 6) is -0.124. The van der Waals surface area contributed by atoms with Crippen LogP contribution in [0.3, 0.4) is 0 Å². The molecule has 3 aliphatic carbocycles. The number of fused-ring (bicyclic) bond motifs is 3. The van der Waals surface area contributed by atoms with Crippen molar-refractivity contribution in [2.45, 2.75) is 49.5 Å². The predicted octanol–water partition coefficient (Wildman–Crippen LogP) is 3.39. The fourth-order valence-electron chi connectivity index (χ4n) is 3.80. The average molecular weight is 233 g/mol. The molecule has 3 fully saturated rings. The second kappa shape index (κ2) is 3.81. The summed E-state index contributed by atoms with van der Waals surface area (Å²) in [6.45, 7) is 0. The van der Waals surface area contributed by atoms with Crippen LogP contribution in [0.4, 0.5) is 4.39 Å². The van der Waals surface area contributed by atoms with Crippen molar-refractivity contribution >= 4 is 0 Å². The molecule has 0 aromatic heterocycles. The summed E-state index contributed by atoms with van der Waals surface area (Å²) >= 11 is 0. The fraction of sp³-hybridized carbons (Fsp3) is 0.600. The summed E-state index contributed by atoms with van der Waals surface area (Å²) < 4.78 is 13.0. The molecule has 0 aliphatic heterocycles. The highest BCUT2D eigenvalue weighted by atomic mass is 19.1. The predicted molar refractivity (Wildman–Crippen MR) is 67.6 cm³/mol. The Hall–Kier alpha value is -0.890. The second-order valence-electron chi connectivity index (χ2n) is 5.82. The van der Waals surface area contributed by atoms with E-state index in [1.54, 1.807) is 12.1 Å². The zero-order valence-corrected chi connectivity index (χ0v) is 10.4. The Morgan fingerprint density at radius 1 is 0.941 bits per heavy atom. The summed E-state index contributed by atoms with van der Waals surface area (Å²) in [6, 6.07) is 7.21. The SMILES string of the molecule is CNC12CCC(c3ccc(F)cc3)(CC1)CC2. The van der Waals surface area contributed by atoms with Crippen LogP contribution in [0.5, 0.6) is 0 Å². The minimum absolute atomic E-state index is 0.124. The van der Waals surface area contributed by atoms with Crippen LogP contribution < -0.4 is 5.32 Å². The van der Waals surface area contributed by atoms with E-state index in [4.69, 9.17) is 0 Å². The van der Waals surface area contributed by atoms with E-state index in [0.717, 1.165) is 0 Å². The third-order valence-electron chi connectivity index (χ3n) is 5.23. The highest BCUT2D eigenvalue weighted by Crippen LogP contribution is 2.53. The van der Waals surface area contributed by atoms with Crippen LogP contribution in [0.2, 0.25) is 0 Å². The highest BCUT2D eigenvalue weighted by Gasteiger charge is 2.48. The number of rotatable bonds is 2. The van der Waals surface area contributed by atoms with E-state index < -0.39 is 0 Å². The highest BCUT2D eigenvalue weighted by molar-refractivity contribution is 5.29. The standard InChI is InChI=1S/C15H20FN/c1-17-15-9-6-14(7-10-15,8-11-15)12-2-4-13(16)5-3-12/h2-5,17H,6-11H2,1H3. The molecule has 1 aromatic rings. The Kier molecular flexibility index (Phi) is 2.51. The van der Waals surface area contributed by atoms with E-state index in [9.17, 15) is 4.39 Å². The van der Waals surface area contributed by atoms with Gasteiger partial charge in [0.2, 0.25) is 0 Å². The maximum Gasteiger partial charge on any atom is 0.123 e. The van der Waals surface area contributed by atoms with Crippen molar-refractivity contribution in [3.05, 3.63) is 35.6 Å². The van der Waals surface area contributed by atoms with Crippen LogP contribution in [0, 0.1) is 5.82 Å². The lowest BCUT2D eigenvalue weighted by Crippen LogP contribution is -2.54. The van der Waals surface area contributed by atoms with Crippen LogP contribution in [-0.4, -0.2) is 12.6 Å². The summed E-state index contributed by atoms with van der Waals surface area (Å²) in [4.78, 5) is 0. The topological polar surface area (TPSA) is 12.0 Å². The van der Waals surface area contributed by atoms with Crippen LogP contribution in [-0.2, 0) is 5.41 Å². The maximum absolute atomic E-state index is 13.0. The molecule has 0 unspecified atom stereocenters. The van der Waals surface area contributed by atoms with Gasteiger partial charge >= 0.3 is 0 Å². The first-order chi connectivity index (χ1) is 8.18. The van der Waals surface area contributed by atoms with Crippen LogP contribution >= 0.6 is 0 Å². The molecule has 1 aromatic carbocycles. The van der Waals surface area contributed by atoms with Crippen molar-refractivity contribution in [3.63, 3.8) is 0 Å². The Balaban J connectivity index is 1.88. The quantitative estimate of drug-likeness (QED) is 0.825. The van der Waals surface area contributed by atoms with Gasteiger partial charge in [-0.25, -0.2) is 4.39 Å². The molecule has 0 atom stereocenters. The van der Waals surface area contributed by atoms with Crippen LogP contribution in [0.1, 0.15) is 44.1 Å². The van der Waals surface area contributed by atoms with Crippen LogP contribution in [0.25, 0.3) is 0 Å². The Morgan fingerprint density at radius 3 is 1.94 bits per heavy atom. The van der Waals surface area contributed by atoms with Gasteiger partial charge in [0.05, 0.1) is 0 Å². The Bertz CT molecular complexity index is 385. The van der Waals surface area contributed by atoms with Gasteiger partial charge in [-0.1, -0.05) is 12.1 Å². The van der Waals surface area contributed by atoms with E-state index in [0.29, 0.717) is 11.0 Å². The van der Waals surface area contributed by atoms with E-state index in [1.807, 2.05) is 12.1 Å². The molecular weight excluding hydrogens is 213 g/mol. The van der Waals surface area contributed by atoms with Crippen molar-refractivity contribution in [2.75, 3.05) is 7.05 Å². The van der Waals surface area contributed by atoms with Gasteiger partial charge in [0.15, 0.2) is 0 Å². The number of halogens is 1. The normalized spacial score (nSPS) is 36.1. The summed E-state index contributed by atoms with van der Waals surface area (Å²) in [5.41, 5.74) is 2.09. The minimum Gasteiger partial charge on any atom is -0.314 e. The van der Waals surface area contributed by atoms with Gasteiger partial charge in [-0.05, 0) is 68.7 Å². The molecule has 2 heteroatoms. The van der Waals surface area contributed by atoms with Gasteiger partial charge in [-0.2, -0.15) is 0 Å². The molecule has 0 spiro atoms. The molecular formula is C15H20FN. The molecule has 3 aliphatic rings. The molecule has 0 saturated heterocycles. The fourth-order valence-corrected chi connectivity index (χ4v) is 3.80. The minimum atomic E-state index is -0.124. The molecule has 0 amide bonds. The summed E-state index contributed by atoms with van der Waals surface area (Å²) in [6.07, 6.45) is 7.54. The van der Waals surface area contributed by atoms with Crippen LogP contribution in [0.15, 0.2) is 24.3 Å². The van der Waals surface area contributed by atoms with E-state index in [2.05, 4.69) is 12.4 Å². The van der Waals surface area contributed by atoms with Gasteiger partial charge in [0.1, 0.15) is 5.82 Å². The van der Waals surface area contributed by atoms with Crippen molar-refractivity contribution in [1.29, 1.82) is 0 Å². The lowest BCUT2D eigenvalue weighted by atomic mass is 9.55. The molecule has 2 bridgehead atoms. The van der Waals surface area contributed by atoms with E-state index >= 15 is 0 Å². The number of hydrogen-bond donors (Lipinski definition) is 1. The smallest absolute Gasteiger partial charge is 0.123 e. The number of benzene rings is 1. The molecule has 92 valence electrons. The largest absolute Gasteiger partial charge is 0.314 e. The van der Waals surface area contributed by atoms with Crippen molar-refractivity contribution in [1.82, 2.24) is 5.32 Å². The van der Waals surface area contributed by atoms with Gasteiger partial charge in [0.25, 0.3) is 0 Å². The van der Waals surface area contributed by atoms with Gasteiger partial charge < -0.3 is 5.32 Å². The van der Waals surface area contributed by atoms with E-state index in [1.165, 1.54) is 44.1 Å². The molecule has 1 N–H and O–H groups in total. The van der Waals surface area contributed by atoms with Gasteiger partial charge in [0, 0.05) is 5.54 Å². The number of nitrogens with one attached hydrogen (secondary N) is 1. The lowest BCUT2D eigenvalue weighted by Gasteiger charge is -2.53. The Morgan fingerprint density at radius 2 is 1.47 bits per heavy atom. The second-order valence-corrected chi connectivity index (χ2v) is 5.82. The zero-order chi connectivity index (χ0) is 11.9. The van der Waals surface area contributed by atoms with E-state index in [-0.39, 0.29) is 5.82 Å². The first-order valence-corrected chi connectivity index (χ1v) is 6.63. The summed E-state index contributed by atoms with van der Waals surface area (Å²) in [5, 5.41) is 3.52. The zero-order valence-electron chi connectivity index (χ0n) is 10.4. The maximum atomic E-state index is 13.0. The number of hydrogen-bond acceptors (Lipinski definition) is 1. The molecule has 3 saturated carbocycles. The van der Waals surface area contributed by atoms with Gasteiger partial charge in [-0.3, -0.25) is 0 Å². The van der Waals surface area contributed by atoms with Gasteiger partial charge in [-0.15, -0.1) is 0 Å². The monoisotopic (exact) mass is 233 g/mol. The molecule has 0 heterocycles. The third-order valence-corrected chi connectivity index (χ3v) is 5.23. The molecule has 1 nitrogen and oxygen atoms in total. The third kappa shape index (κ3) is 1.70. The lowest BCUT2D eigenvalue weighted by molar-refractivity contribution is 0.0834. The molecule has 4 rings (SSSR count). The Labute approximate surface area is 102 Å². The van der Waals surface area contributed by atoms with Crippen molar-refractivity contribution in [2.24, 2.45) is 0 Å². The van der Waals surface area contributed by atoms with Crippen molar-refractivity contribution < 1.29 is 4.39 Å². The summed E-state index contributed by atoms with van der Waals surface area (Å²) in [7, 11) is 2.09. The first kappa shape index (κ1) is 11.2.